The number of nitrogen functional groups attached to an aromatic ring is 1. The number of carboxylic acids is 1. The zero-order valence-corrected chi connectivity index (χ0v) is 10.9. The second-order valence-electron chi connectivity index (χ2n) is 4.93. The number of rotatable bonds is 3. The predicted octanol–water partition coefficient (Wildman–Crippen LogP) is 3.29. The third kappa shape index (κ3) is 2.52. The molecule has 1 rings (SSSR count). The first kappa shape index (κ1) is 15.3. The molecule has 0 bridgehead atoms. The van der Waals surface area contributed by atoms with E-state index in [4.69, 9.17) is 5.73 Å². The summed E-state index contributed by atoms with van der Waals surface area (Å²) in [5, 5.41) is 9.34. The second-order valence-corrected chi connectivity index (χ2v) is 4.93. The van der Waals surface area contributed by atoms with Crippen LogP contribution in [-0.4, -0.2) is 11.1 Å². The molecule has 0 aliphatic heterocycles. The van der Waals surface area contributed by atoms with E-state index in [-0.39, 0.29) is 5.56 Å². The first-order valence-corrected chi connectivity index (χ1v) is 5.72. The molecule has 3 N–H and O–H groups in total. The molecule has 0 fully saturated rings. The van der Waals surface area contributed by atoms with E-state index in [0.717, 1.165) is 6.07 Å². The molecule has 0 aromatic heterocycles. The van der Waals surface area contributed by atoms with E-state index in [2.05, 4.69) is 0 Å². The summed E-state index contributed by atoms with van der Waals surface area (Å²) < 4.78 is 38.4. The lowest BCUT2D eigenvalue weighted by atomic mass is 9.72. The van der Waals surface area contributed by atoms with Gasteiger partial charge in [0.25, 0.3) is 0 Å². The maximum absolute atomic E-state index is 12.8. The summed E-state index contributed by atoms with van der Waals surface area (Å²) in [5.41, 5.74) is 2.55. The van der Waals surface area contributed by atoms with Crippen molar-refractivity contribution >= 4 is 11.7 Å². The predicted molar refractivity (Wildman–Crippen MR) is 65.7 cm³/mol. The van der Waals surface area contributed by atoms with Gasteiger partial charge in [0.15, 0.2) is 0 Å². The Morgan fingerprint density at radius 3 is 2.11 bits per heavy atom. The molecule has 1 aromatic rings. The molecule has 0 spiro atoms. The van der Waals surface area contributed by atoms with Crippen LogP contribution in [0.5, 0.6) is 0 Å². The molecule has 1 aromatic carbocycles. The molecule has 3 nitrogen and oxygen atoms in total. The molecule has 0 saturated carbocycles. The molecule has 0 saturated heterocycles. The highest BCUT2D eigenvalue weighted by Crippen LogP contribution is 2.41. The first-order chi connectivity index (χ1) is 8.52. The Kier molecular flexibility index (Phi) is 3.84. The molecule has 6 heteroatoms. The number of halogens is 3. The van der Waals surface area contributed by atoms with Crippen LogP contribution in [0.1, 0.15) is 31.9 Å². The van der Waals surface area contributed by atoms with Crippen LogP contribution in [0.3, 0.4) is 0 Å². The Morgan fingerprint density at radius 1 is 1.26 bits per heavy atom. The summed E-state index contributed by atoms with van der Waals surface area (Å²) in [5.74, 6) is -1.61. The molecular formula is C13H16F3NO2. The van der Waals surface area contributed by atoms with Gasteiger partial charge in [-0.1, -0.05) is 26.0 Å². The maximum atomic E-state index is 12.8. The van der Waals surface area contributed by atoms with Crippen LogP contribution >= 0.6 is 0 Å². The summed E-state index contributed by atoms with van der Waals surface area (Å²) >= 11 is 0. The van der Waals surface area contributed by atoms with Gasteiger partial charge >= 0.3 is 12.1 Å². The van der Waals surface area contributed by atoms with Crippen LogP contribution in [-0.2, 0) is 16.4 Å². The number of para-hydroxylation sites is 1. The lowest BCUT2D eigenvalue weighted by Crippen LogP contribution is -2.38. The van der Waals surface area contributed by atoms with Crippen molar-refractivity contribution in [1.82, 2.24) is 0 Å². The Balaban J connectivity index is 3.56. The third-order valence-corrected chi connectivity index (χ3v) is 3.57. The van der Waals surface area contributed by atoms with E-state index in [1.165, 1.54) is 19.1 Å². The largest absolute Gasteiger partial charge is 0.481 e. The average molecular weight is 275 g/mol. The fourth-order valence-electron chi connectivity index (χ4n) is 1.94. The monoisotopic (exact) mass is 275 g/mol. The van der Waals surface area contributed by atoms with E-state index in [9.17, 15) is 23.1 Å². The molecule has 1 atom stereocenters. The zero-order chi connectivity index (χ0) is 15.0. The van der Waals surface area contributed by atoms with Gasteiger partial charge in [0.1, 0.15) is 0 Å². The Labute approximate surface area is 109 Å². The van der Waals surface area contributed by atoms with Gasteiger partial charge in [-0.2, -0.15) is 13.2 Å². The molecule has 0 aliphatic rings. The summed E-state index contributed by atoms with van der Waals surface area (Å²) in [6.07, 6.45) is -4.60. The van der Waals surface area contributed by atoms with Crippen LogP contribution in [0.4, 0.5) is 18.9 Å². The second kappa shape index (κ2) is 4.75. The van der Waals surface area contributed by atoms with E-state index in [0.29, 0.717) is 0 Å². The minimum absolute atomic E-state index is 0.00942. The fraction of sp³-hybridized carbons (Fsp3) is 0.462. The summed E-state index contributed by atoms with van der Waals surface area (Å²) in [6.45, 7) is 4.65. The number of aliphatic carboxylic acids is 1. The molecular weight excluding hydrogens is 259 g/mol. The van der Waals surface area contributed by atoms with E-state index >= 15 is 0 Å². The van der Waals surface area contributed by atoms with Crippen molar-refractivity contribution in [3.8, 4) is 0 Å². The Hall–Kier alpha value is -1.72. The highest BCUT2D eigenvalue weighted by molar-refractivity contribution is 5.84. The lowest BCUT2D eigenvalue weighted by Gasteiger charge is -2.31. The van der Waals surface area contributed by atoms with Gasteiger partial charge in [0, 0.05) is 5.69 Å². The van der Waals surface area contributed by atoms with Gasteiger partial charge in [-0.25, -0.2) is 0 Å². The topological polar surface area (TPSA) is 63.3 Å². The SMILES string of the molecule is CC(C)C(C)(C(=O)O)c1cccc(C(F)(F)F)c1N. The van der Waals surface area contributed by atoms with Gasteiger partial charge in [0.05, 0.1) is 11.0 Å². The van der Waals surface area contributed by atoms with Crippen molar-refractivity contribution < 1.29 is 23.1 Å². The van der Waals surface area contributed by atoms with E-state index in [1.807, 2.05) is 0 Å². The van der Waals surface area contributed by atoms with Crippen molar-refractivity contribution in [1.29, 1.82) is 0 Å². The first-order valence-electron chi connectivity index (χ1n) is 5.72. The molecule has 0 aliphatic carbocycles. The van der Waals surface area contributed by atoms with Crippen LogP contribution < -0.4 is 5.73 Å². The highest BCUT2D eigenvalue weighted by atomic mass is 19.4. The highest BCUT2D eigenvalue weighted by Gasteiger charge is 2.43. The van der Waals surface area contributed by atoms with Crippen LogP contribution in [0.2, 0.25) is 0 Å². The third-order valence-electron chi connectivity index (χ3n) is 3.57. The molecule has 1 unspecified atom stereocenters. The number of carboxylic acid groups (broad SMARTS) is 1. The molecule has 106 valence electrons. The summed E-state index contributed by atoms with van der Waals surface area (Å²) in [6, 6.07) is 3.36. The fourth-order valence-corrected chi connectivity index (χ4v) is 1.94. The minimum atomic E-state index is -4.60. The van der Waals surface area contributed by atoms with E-state index < -0.39 is 34.7 Å². The number of carbonyl (C=O) groups is 1. The number of nitrogens with two attached hydrogens (primary N) is 1. The average Bonchev–Trinajstić information content (AvgIpc) is 2.26. The van der Waals surface area contributed by atoms with Gasteiger partial charge in [-0.3, -0.25) is 4.79 Å². The maximum Gasteiger partial charge on any atom is 0.418 e. The van der Waals surface area contributed by atoms with Crippen molar-refractivity contribution in [2.75, 3.05) is 5.73 Å². The molecule has 0 heterocycles. The normalized spacial score (nSPS) is 15.3. The quantitative estimate of drug-likeness (QED) is 0.832. The minimum Gasteiger partial charge on any atom is -0.481 e. The van der Waals surface area contributed by atoms with Crippen LogP contribution in [0.25, 0.3) is 0 Å². The number of anilines is 1. The van der Waals surface area contributed by atoms with Gasteiger partial charge < -0.3 is 10.8 Å². The van der Waals surface area contributed by atoms with Crippen LogP contribution in [0, 0.1) is 5.92 Å². The smallest absolute Gasteiger partial charge is 0.418 e. The van der Waals surface area contributed by atoms with Gasteiger partial charge in [-0.05, 0) is 24.5 Å². The zero-order valence-electron chi connectivity index (χ0n) is 10.9. The van der Waals surface area contributed by atoms with Crippen molar-refractivity contribution in [3.05, 3.63) is 29.3 Å². The molecule has 0 radical (unpaired) electrons. The number of hydrogen-bond donors (Lipinski definition) is 2. The standard InChI is InChI=1S/C13H16F3NO2/c1-7(2)12(3,11(18)19)8-5-4-6-9(10(8)17)13(14,15)16/h4-7H,17H2,1-3H3,(H,18,19). The van der Waals surface area contributed by atoms with Crippen molar-refractivity contribution in [2.45, 2.75) is 32.4 Å². The van der Waals surface area contributed by atoms with Gasteiger partial charge in [0.2, 0.25) is 0 Å². The van der Waals surface area contributed by atoms with E-state index in [1.54, 1.807) is 13.8 Å². The Bertz CT molecular complexity index is 497. The number of benzene rings is 1. The number of alkyl halides is 3. The Morgan fingerprint density at radius 2 is 1.74 bits per heavy atom. The summed E-state index contributed by atoms with van der Waals surface area (Å²) in [4.78, 5) is 11.4. The molecule has 19 heavy (non-hydrogen) atoms. The van der Waals surface area contributed by atoms with Crippen molar-refractivity contribution in [3.63, 3.8) is 0 Å². The van der Waals surface area contributed by atoms with Gasteiger partial charge in [-0.15, -0.1) is 0 Å². The lowest BCUT2D eigenvalue weighted by molar-refractivity contribution is -0.145. The van der Waals surface area contributed by atoms with Crippen LogP contribution in [0.15, 0.2) is 18.2 Å². The number of hydrogen-bond acceptors (Lipinski definition) is 2. The summed E-state index contributed by atoms with van der Waals surface area (Å²) in [7, 11) is 0. The molecule has 0 amide bonds. The van der Waals surface area contributed by atoms with Crippen molar-refractivity contribution in [2.24, 2.45) is 5.92 Å².